The van der Waals surface area contributed by atoms with Crippen LogP contribution in [0, 0.1) is 5.13 Å². The number of ether oxygens (including phenoxy) is 1. The topological polar surface area (TPSA) is 60.9 Å². The average molecular weight is 516 g/mol. The molecule has 5 rings (SSSR count). The number of hydrogen-bond acceptors (Lipinski definition) is 6. The summed E-state index contributed by atoms with van der Waals surface area (Å²) in [6.07, 6.45) is 8.71. The second-order valence-corrected chi connectivity index (χ2v) is 11.2. The van der Waals surface area contributed by atoms with Gasteiger partial charge < -0.3 is 14.5 Å². The number of carbonyl (C=O) groups is 1. The monoisotopic (exact) mass is 515 g/mol. The summed E-state index contributed by atoms with van der Waals surface area (Å²) in [5.41, 5.74) is 2.11. The number of likely N-dealkylation sites (tertiary alicyclic amines) is 1. The lowest BCUT2D eigenvalue weighted by atomic mass is 9.83. The van der Waals surface area contributed by atoms with Crippen molar-refractivity contribution in [3.05, 3.63) is 28.9 Å². The van der Waals surface area contributed by atoms with Gasteiger partial charge in [0, 0.05) is 44.8 Å². The number of nitrogens with one attached hydrogen (secondary N) is 1. The molecule has 0 unspecified atom stereocenters. The lowest BCUT2D eigenvalue weighted by molar-refractivity contribution is 0.137. The van der Waals surface area contributed by atoms with Crippen LogP contribution in [0.2, 0.25) is 0 Å². The molecule has 3 heterocycles. The number of anilines is 1. The molecule has 0 radical (unpaired) electrons. The number of benzene rings is 1. The summed E-state index contributed by atoms with van der Waals surface area (Å²) < 4.78 is 20.6. The highest BCUT2D eigenvalue weighted by molar-refractivity contribution is 7.14. The molecule has 1 N–H and O–H groups in total. The van der Waals surface area contributed by atoms with Gasteiger partial charge in [-0.25, -0.2) is 9.78 Å². The molecule has 7 nitrogen and oxygen atoms in total. The van der Waals surface area contributed by atoms with Gasteiger partial charge in [-0.2, -0.15) is 4.39 Å². The Morgan fingerprint density at radius 3 is 2.42 bits per heavy atom. The van der Waals surface area contributed by atoms with E-state index >= 15 is 4.39 Å². The Balaban J connectivity index is 1.20. The van der Waals surface area contributed by atoms with Crippen molar-refractivity contribution in [3.8, 4) is 17.0 Å². The third-order valence-corrected chi connectivity index (χ3v) is 8.70. The quantitative estimate of drug-likeness (QED) is 0.546. The molecule has 2 amide bonds. The zero-order valence-electron chi connectivity index (χ0n) is 21.3. The minimum absolute atomic E-state index is 0.211. The van der Waals surface area contributed by atoms with Crippen molar-refractivity contribution in [3.63, 3.8) is 0 Å². The second kappa shape index (κ2) is 11.9. The van der Waals surface area contributed by atoms with Crippen LogP contribution >= 0.6 is 11.3 Å². The number of halogens is 1. The van der Waals surface area contributed by atoms with Gasteiger partial charge in [0.2, 0.25) is 5.13 Å². The van der Waals surface area contributed by atoms with Crippen molar-refractivity contribution in [1.29, 1.82) is 0 Å². The van der Waals surface area contributed by atoms with Crippen LogP contribution in [-0.4, -0.2) is 85.2 Å². The van der Waals surface area contributed by atoms with E-state index in [-0.39, 0.29) is 16.9 Å². The smallest absolute Gasteiger partial charge is 0.323 e. The number of urea groups is 1. The number of hydrogen-bond donors (Lipinski definition) is 1. The normalized spacial score (nSPS) is 20.1. The first-order valence-electron chi connectivity index (χ1n) is 13.5. The van der Waals surface area contributed by atoms with Crippen LogP contribution in [0.25, 0.3) is 11.3 Å². The number of aromatic nitrogens is 1. The first kappa shape index (κ1) is 25.4. The van der Waals surface area contributed by atoms with Crippen molar-refractivity contribution < 1.29 is 13.9 Å². The molecule has 0 atom stereocenters. The highest BCUT2D eigenvalue weighted by atomic mass is 32.1. The van der Waals surface area contributed by atoms with E-state index in [0.29, 0.717) is 30.3 Å². The van der Waals surface area contributed by atoms with E-state index in [0.717, 1.165) is 50.4 Å². The number of methoxy groups -OCH3 is 1. The molecule has 0 bridgehead atoms. The van der Waals surface area contributed by atoms with Gasteiger partial charge in [-0.15, -0.1) is 0 Å². The lowest BCUT2D eigenvalue weighted by Gasteiger charge is -2.35. The van der Waals surface area contributed by atoms with Crippen molar-refractivity contribution in [1.82, 2.24) is 19.7 Å². The van der Waals surface area contributed by atoms with E-state index in [9.17, 15) is 4.79 Å². The largest absolute Gasteiger partial charge is 0.496 e. The summed E-state index contributed by atoms with van der Waals surface area (Å²) in [5, 5.41) is 2.72. The van der Waals surface area contributed by atoms with Crippen molar-refractivity contribution in [2.45, 2.75) is 50.9 Å². The predicted molar refractivity (Wildman–Crippen MR) is 143 cm³/mol. The zero-order valence-corrected chi connectivity index (χ0v) is 22.1. The van der Waals surface area contributed by atoms with E-state index in [2.05, 4.69) is 26.2 Å². The molecule has 0 spiro atoms. The Morgan fingerprint density at radius 1 is 1.03 bits per heavy atom. The lowest BCUT2D eigenvalue weighted by Crippen LogP contribution is -2.51. The molecule has 1 aromatic heterocycles. The van der Waals surface area contributed by atoms with Crippen LogP contribution < -0.4 is 10.1 Å². The molecule has 196 valence electrons. The Labute approximate surface area is 217 Å². The highest BCUT2D eigenvalue weighted by Crippen LogP contribution is 2.40. The van der Waals surface area contributed by atoms with Crippen LogP contribution in [0.5, 0.6) is 5.75 Å². The van der Waals surface area contributed by atoms with Gasteiger partial charge in [-0.3, -0.25) is 10.2 Å². The number of carbonyl (C=O) groups excluding carboxylic acids is 1. The maximum atomic E-state index is 15.1. The Bertz CT molecular complexity index is 1030. The molecule has 3 aliphatic rings. The fraction of sp³-hybridized carbons (Fsp3) is 0.630. The number of piperazine rings is 1. The molecule has 1 aromatic carbocycles. The van der Waals surface area contributed by atoms with E-state index in [4.69, 9.17) is 4.74 Å². The van der Waals surface area contributed by atoms with Crippen molar-refractivity contribution in [2.75, 3.05) is 64.8 Å². The summed E-state index contributed by atoms with van der Waals surface area (Å²) >= 11 is 0.877. The first-order valence-corrected chi connectivity index (χ1v) is 14.3. The Hall–Kier alpha value is -2.23. The van der Waals surface area contributed by atoms with E-state index in [1.807, 2.05) is 12.1 Å². The van der Waals surface area contributed by atoms with Gasteiger partial charge in [0.05, 0.1) is 7.11 Å². The third-order valence-electron chi connectivity index (χ3n) is 7.95. The predicted octanol–water partition coefficient (Wildman–Crippen LogP) is 5.25. The van der Waals surface area contributed by atoms with Gasteiger partial charge in [0.1, 0.15) is 11.4 Å². The Morgan fingerprint density at radius 2 is 1.72 bits per heavy atom. The second-order valence-electron chi connectivity index (χ2n) is 10.2. The van der Waals surface area contributed by atoms with E-state index in [1.165, 1.54) is 50.8 Å². The first-order chi connectivity index (χ1) is 17.6. The number of amides is 2. The van der Waals surface area contributed by atoms with Crippen LogP contribution in [0.15, 0.2) is 18.2 Å². The highest BCUT2D eigenvalue weighted by Gasteiger charge is 2.25. The molecule has 1 aliphatic carbocycles. The molecule has 9 heteroatoms. The maximum absolute atomic E-state index is 15.1. The fourth-order valence-corrected chi connectivity index (χ4v) is 6.45. The molecule has 2 saturated heterocycles. The van der Waals surface area contributed by atoms with Crippen LogP contribution in [0.3, 0.4) is 0 Å². The summed E-state index contributed by atoms with van der Waals surface area (Å²) in [7, 11) is 1.59. The van der Waals surface area contributed by atoms with Gasteiger partial charge in [-0.05, 0) is 62.4 Å². The van der Waals surface area contributed by atoms with Crippen LogP contribution in [0.4, 0.5) is 14.3 Å². The van der Waals surface area contributed by atoms with E-state index in [1.54, 1.807) is 12.0 Å². The standard InChI is InChI=1S/C27H38FN5O2S/c1-35-23-10-9-21(20-7-3-2-4-8-20)19-22(23)24-25(28)36-26(29-24)30-27(34)33-17-15-32(16-18-33)14-13-31-11-5-6-12-31/h9-10,19-20H,2-8,11-18H2,1H3,(H,29,30,34). The minimum atomic E-state index is -0.406. The van der Waals surface area contributed by atoms with Gasteiger partial charge in [0.15, 0.2) is 5.13 Å². The van der Waals surface area contributed by atoms with Crippen LogP contribution in [0.1, 0.15) is 56.4 Å². The molecule has 36 heavy (non-hydrogen) atoms. The molecule has 2 aromatic rings. The zero-order chi connectivity index (χ0) is 24.9. The van der Waals surface area contributed by atoms with Gasteiger partial charge >= 0.3 is 6.03 Å². The molecular formula is C27H38FN5O2S. The summed E-state index contributed by atoms with van der Waals surface area (Å²) in [6.45, 7) is 7.66. The van der Waals surface area contributed by atoms with Crippen molar-refractivity contribution in [2.24, 2.45) is 0 Å². The summed E-state index contributed by atoms with van der Waals surface area (Å²) in [4.78, 5) is 24.1. The summed E-state index contributed by atoms with van der Waals surface area (Å²) in [5.74, 6) is 1.10. The molecular weight excluding hydrogens is 477 g/mol. The molecule has 1 saturated carbocycles. The van der Waals surface area contributed by atoms with Gasteiger partial charge in [0.25, 0.3) is 0 Å². The van der Waals surface area contributed by atoms with Crippen molar-refractivity contribution >= 4 is 22.5 Å². The number of rotatable bonds is 7. The number of nitrogens with zero attached hydrogens (tertiary/aromatic N) is 4. The average Bonchev–Trinajstić information content (AvgIpc) is 3.57. The maximum Gasteiger partial charge on any atom is 0.323 e. The minimum Gasteiger partial charge on any atom is -0.496 e. The third kappa shape index (κ3) is 6.01. The van der Waals surface area contributed by atoms with E-state index < -0.39 is 5.13 Å². The Kier molecular flexibility index (Phi) is 8.39. The molecule has 2 aliphatic heterocycles. The number of thiazole rings is 1. The van der Waals surface area contributed by atoms with Gasteiger partial charge in [-0.1, -0.05) is 36.7 Å². The van der Waals surface area contributed by atoms with Crippen LogP contribution in [-0.2, 0) is 0 Å². The molecule has 3 fully saturated rings. The fourth-order valence-electron chi connectivity index (χ4n) is 5.76. The summed E-state index contributed by atoms with van der Waals surface area (Å²) in [6, 6.07) is 5.83. The SMILES string of the molecule is COc1ccc(C2CCCCC2)cc1-c1nc(NC(=O)N2CCN(CCN3CCCC3)CC2)sc1F.